The molecule has 0 saturated heterocycles. The average molecular weight is 785 g/mol. The van der Waals surface area contributed by atoms with Crippen LogP contribution in [-0.4, -0.2) is 52.3 Å². The molecule has 0 aromatic carbocycles. The van der Waals surface area contributed by atoms with Crippen LogP contribution in [0.5, 0.6) is 0 Å². The fourth-order valence-corrected chi connectivity index (χ4v) is 4.95. The maximum Gasteiger partial charge on any atom is 0.469 e. The summed E-state index contributed by atoms with van der Waals surface area (Å²) in [7, 11) is -4.82. The van der Waals surface area contributed by atoms with Crippen molar-refractivity contribution in [2.75, 3.05) is 13.2 Å². The maximum absolute atomic E-state index is 12.4. The summed E-state index contributed by atoms with van der Waals surface area (Å²) in [6.07, 6.45) is 52.4. The summed E-state index contributed by atoms with van der Waals surface area (Å²) in [4.78, 5) is 42.8. The number of carbonyl (C=O) groups excluding carboxylic acids is 2. The zero-order valence-corrected chi connectivity index (χ0v) is 34.3. The van der Waals surface area contributed by atoms with Gasteiger partial charge in [-0.15, -0.1) is 0 Å². The van der Waals surface area contributed by atoms with E-state index in [2.05, 4.69) is 91.3 Å². The SMILES string of the molecule is CC/C=C\C/C=C\C/C=C\C/C=C\C=C/C(O)C/C=C\CCC(=O)OC[C@H](COP(=O)(O)O)OC(=O)CCC/C=C\C/C=C\C/C=C\C/C=C\CCCCC. The molecule has 0 aromatic rings. The number of aliphatic hydroxyl groups is 1. The number of allylic oxidation sites excluding steroid dienone is 18. The quantitative estimate of drug-likeness (QED) is 0.0191. The van der Waals surface area contributed by atoms with Crippen LogP contribution >= 0.6 is 7.82 Å². The Kier molecular flexibility index (Phi) is 36.2. The Bertz CT molecular complexity index is 1310. The van der Waals surface area contributed by atoms with Crippen LogP contribution in [0.25, 0.3) is 0 Å². The van der Waals surface area contributed by atoms with E-state index in [9.17, 15) is 19.3 Å². The third kappa shape index (κ3) is 41.4. The van der Waals surface area contributed by atoms with Gasteiger partial charge in [-0.25, -0.2) is 4.57 Å². The molecule has 0 aliphatic rings. The number of phosphoric ester groups is 1. The monoisotopic (exact) mass is 784 g/mol. The molecule has 3 N–H and O–H groups in total. The fraction of sp³-hybridized carbons (Fsp3) is 0.511. The lowest BCUT2D eigenvalue weighted by Gasteiger charge is -2.18. The second-order valence-corrected chi connectivity index (χ2v) is 14.0. The second kappa shape index (κ2) is 38.7. The van der Waals surface area contributed by atoms with Gasteiger partial charge < -0.3 is 24.4 Å². The smallest absolute Gasteiger partial charge is 0.462 e. The Morgan fingerprint density at radius 2 is 1.11 bits per heavy atom. The Morgan fingerprint density at radius 3 is 1.67 bits per heavy atom. The first-order valence-electron chi connectivity index (χ1n) is 19.9. The lowest BCUT2D eigenvalue weighted by molar-refractivity contribution is -0.161. The largest absolute Gasteiger partial charge is 0.469 e. The van der Waals surface area contributed by atoms with Crippen LogP contribution in [0.3, 0.4) is 0 Å². The van der Waals surface area contributed by atoms with Crippen LogP contribution in [0, 0.1) is 0 Å². The fourth-order valence-electron chi connectivity index (χ4n) is 4.59. The van der Waals surface area contributed by atoms with Crippen LogP contribution < -0.4 is 0 Å². The average Bonchev–Trinajstić information content (AvgIpc) is 3.15. The van der Waals surface area contributed by atoms with Crippen LogP contribution in [-0.2, 0) is 28.2 Å². The minimum absolute atomic E-state index is 0.0411. The van der Waals surface area contributed by atoms with Crippen LogP contribution in [0.2, 0.25) is 0 Å². The number of unbranched alkanes of at least 4 members (excludes halogenated alkanes) is 4. The Labute approximate surface area is 331 Å². The second-order valence-electron chi connectivity index (χ2n) is 12.7. The van der Waals surface area contributed by atoms with Crippen molar-refractivity contribution in [3.63, 3.8) is 0 Å². The molecule has 0 rings (SSSR count). The molecule has 0 spiro atoms. The summed E-state index contributed by atoms with van der Waals surface area (Å²) < 4.78 is 26.2. The van der Waals surface area contributed by atoms with Gasteiger partial charge in [0.2, 0.25) is 0 Å². The standard InChI is InChI=1S/C45H69O9P/c1-3-5-7-9-11-13-15-17-18-19-20-22-24-26-28-30-34-39-45(48)54-43(41-53-55(49,50)51)40-52-44(47)38-35-31-33-37-42(46)36-32-29-27-25-23-21-16-14-12-10-8-6-4-2/h6,8,11-14,17-18,20-23,26-29,31-33,36,42-43,46H,3-5,7,9-10,15-16,19,24-25,30,34-35,37-41H2,1-2H3,(H2,49,50,51)/b8-6-,13-11-,14-12-,18-17-,22-20-,23-21-,28-26-,29-27-,33-31-,36-32-/t42?,43-/m1/s1. The van der Waals surface area contributed by atoms with E-state index >= 15 is 0 Å². The number of carbonyl (C=O) groups is 2. The molecule has 0 amide bonds. The van der Waals surface area contributed by atoms with E-state index in [0.29, 0.717) is 25.7 Å². The molecular weight excluding hydrogens is 715 g/mol. The molecule has 308 valence electrons. The minimum Gasteiger partial charge on any atom is -0.462 e. The molecule has 0 aliphatic carbocycles. The summed E-state index contributed by atoms with van der Waals surface area (Å²) >= 11 is 0. The lowest BCUT2D eigenvalue weighted by Crippen LogP contribution is -2.29. The van der Waals surface area contributed by atoms with Crippen molar-refractivity contribution in [1.29, 1.82) is 0 Å². The molecule has 55 heavy (non-hydrogen) atoms. The highest BCUT2D eigenvalue weighted by molar-refractivity contribution is 7.46. The normalized spacial score (nSPS) is 14.3. The molecule has 1 unspecified atom stereocenters. The summed E-state index contributed by atoms with van der Waals surface area (Å²) in [5.74, 6) is -1.15. The number of ether oxygens (including phenoxy) is 2. The van der Waals surface area contributed by atoms with Gasteiger partial charge in [0.15, 0.2) is 6.10 Å². The van der Waals surface area contributed by atoms with Gasteiger partial charge in [0.1, 0.15) is 6.61 Å². The van der Waals surface area contributed by atoms with Crippen molar-refractivity contribution in [2.24, 2.45) is 0 Å². The number of esters is 2. The summed E-state index contributed by atoms with van der Waals surface area (Å²) in [5.41, 5.74) is 0. The van der Waals surface area contributed by atoms with Crippen molar-refractivity contribution in [2.45, 2.75) is 135 Å². The van der Waals surface area contributed by atoms with Crippen LogP contribution in [0.15, 0.2) is 122 Å². The molecular formula is C45H69O9P. The Hall–Kier alpha value is -3.59. The van der Waals surface area contributed by atoms with E-state index in [1.54, 1.807) is 24.3 Å². The van der Waals surface area contributed by atoms with Crippen molar-refractivity contribution in [3.05, 3.63) is 122 Å². The molecule has 0 saturated carbocycles. The first-order chi connectivity index (χ1) is 26.7. The number of hydrogen-bond donors (Lipinski definition) is 3. The molecule has 10 heteroatoms. The topological polar surface area (TPSA) is 140 Å². The highest BCUT2D eigenvalue weighted by Gasteiger charge is 2.22. The zero-order valence-electron chi connectivity index (χ0n) is 33.4. The van der Waals surface area contributed by atoms with Gasteiger partial charge in [-0.3, -0.25) is 14.1 Å². The van der Waals surface area contributed by atoms with Crippen LogP contribution in [0.4, 0.5) is 0 Å². The van der Waals surface area contributed by atoms with E-state index < -0.39 is 45.2 Å². The predicted octanol–water partition coefficient (Wildman–Crippen LogP) is 11.1. The predicted molar refractivity (Wildman–Crippen MR) is 226 cm³/mol. The van der Waals surface area contributed by atoms with E-state index in [1.807, 2.05) is 24.3 Å². The third-order valence-corrected chi connectivity index (χ3v) is 8.04. The van der Waals surface area contributed by atoms with E-state index in [0.717, 1.165) is 51.4 Å². The third-order valence-electron chi connectivity index (χ3n) is 7.56. The molecule has 0 radical (unpaired) electrons. The molecule has 9 nitrogen and oxygen atoms in total. The molecule has 0 heterocycles. The van der Waals surface area contributed by atoms with Gasteiger partial charge in [-0.1, -0.05) is 148 Å². The molecule has 0 aromatic heterocycles. The van der Waals surface area contributed by atoms with Gasteiger partial charge in [0.05, 0.1) is 12.7 Å². The molecule has 0 fully saturated rings. The van der Waals surface area contributed by atoms with Gasteiger partial charge >= 0.3 is 19.8 Å². The van der Waals surface area contributed by atoms with Crippen molar-refractivity contribution in [1.82, 2.24) is 0 Å². The van der Waals surface area contributed by atoms with Crippen molar-refractivity contribution < 1.29 is 43.0 Å². The molecule has 2 atom stereocenters. The Morgan fingerprint density at radius 1 is 0.582 bits per heavy atom. The highest BCUT2D eigenvalue weighted by Crippen LogP contribution is 2.35. The highest BCUT2D eigenvalue weighted by atomic mass is 31.2. The Balaban J connectivity index is 4.30. The summed E-state index contributed by atoms with van der Waals surface area (Å²) in [6, 6.07) is 0. The van der Waals surface area contributed by atoms with E-state index in [-0.39, 0.29) is 12.8 Å². The molecule has 0 aliphatic heterocycles. The van der Waals surface area contributed by atoms with Gasteiger partial charge in [-0.2, -0.15) is 0 Å². The van der Waals surface area contributed by atoms with Gasteiger partial charge in [0, 0.05) is 12.8 Å². The number of hydrogen-bond acceptors (Lipinski definition) is 7. The number of aliphatic hydroxyl groups excluding tert-OH is 1. The van der Waals surface area contributed by atoms with Crippen molar-refractivity contribution >= 4 is 19.8 Å². The van der Waals surface area contributed by atoms with E-state index in [1.165, 1.54) is 19.3 Å². The van der Waals surface area contributed by atoms with E-state index in [4.69, 9.17) is 19.3 Å². The first kappa shape index (κ1) is 51.4. The van der Waals surface area contributed by atoms with Crippen LogP contribution in [0.1, 0.15) is 123 Å². The minimum atomic E-state index is -4.82. The first-order valence-corrected chi connectivity index (χ1v) is 21.5. The number of phosphoric acid groups is 1. The van der Waals surface area contributed by atoms with Crippen molar-refractivity contribution in [3.8, 4) is 0 Å². The summed E-state index contributed by atoms with van der Waals surface area (Å²) in [5, 5.41) is 10.1. The van der Waals surface area contributed by atoms with Gasteiger partial charge in [0.25, 0.3) is 0 Å². The number of rotatable bonds is 34. The van der Waals surface area contributed by atoms with Gasteiger partial charge in [-0.05, 0) is 83.5 Å². The lowest BCUT2D eigenvalue weighted by atomic mass is 10.2. The molecule has 0 bridgehead atoms. The zero-order chi connectivity index (χ0) is 40.5. The maximum atomic E-state index is 12.4. The summed E-state index contributed by atoms with van der Waals surface area (Å²) in [6.45, 7) is 3.32.